The zero-order chi connectivity index (χ0) is 19.1. The molecule has 0 rings (SSSR count). The summed E-state index contributed by atoms with van der Waals surface area (Å²) in [5.41, 5.74) is 0. The second kappa shape index (κ2) is 16.8. The molecular formula is C22H45IO2. The zero-order valence-electron chi connectivity index (χ0n) is 17.9. The fraction of sp³-hybridized carbons (Fsp3) is 1.00. The third-order valence-electron chi connectivity index (χ3n) is 4.94. The lowest BCUT2D eigenvalue weighted by Crippen LogP contribution is -2.12. The van der Waals surface area contributed by atoms with E-state index in [0.717, 1.165) is 53.7 Å². The van der Waals surface area contributed by atoms with Crippen molar-refractivity contribution >= 4 is 22.6 Å². The normalized spacial score (nSPS) is 17.9. The van der Waals surface area contributed by atoms with Gasteiger partial charge in [0.2, 0.25) is 0 Å². The molecule has 152 valence electrons. The SMILES string of the molecule is CCCCOCOCCCC(C)CC(C)CC(C)CC(C)CC(C)I. The van der Waals surface area contributed by atoms with Gasteiger partial charge in [0.15, 0.2) is 0 Å². The highest BCUT2D eigenvalue weighted by molar-refractivity contribution is 14.1. The summed E-state index contributed by atoms with van der Waals surface area (Å²) in [4.78, 5) is 0. The lowest BCUT2D eigenvalue weighted by Gasteiger charge is -2.23. The minimum absolute atomic E-state index is 0.469. The molecule has 0 aliphatic carbocycles. The van der Waals surface area contributed by atoms with Gasteiger partial charge in [-0.3, -0.25) is 0 Å². The van der Waals surface area contributed by atoms with Crippen molar-refractivity contribution in [3.05, 3.63) is 0 Å². The molecule has 0 aromatic rings. The first-order chi connectivity index (χ1) is 11.8. The summed E-state index contributed by atoms with van der Waals surface area (Å²) in [5.74, 6) is 3.37. The van der Waals surface area contributed by atoms with Gasteiger partial charge in [0.05, 0.1) is 0 Å². The van der Waals surface area contributed by atoms with Gasteiger partial charge in [0.1, 0.15) is 6.79 Å². The molecule has 0 saturated heterocycles. The average molecular weight is 469 g/mol. The molecule has 0 fully saturated rings. The highest BCUT2D eigenvalue weighted by Crippen LogP contribution is 2.27. The molecule has 5 unspecified atom stereocenters. The van der Waals surface area contributed by atoms with E-state index in [1.807, 2.05) is 0 Å². The van der Waals surface area contributed by atoms with Crippen LogP contribution in [0.1, 0.15) is 92.9 Å². The standard InChI is InChI=1S/C22H45IO2/c1-7-8-11-24-17-25-12-9-10-18(2)13-19(3)14-20(4)15-21(5)16-22(6)23/h18-22H,7-17H2,1-6H3. The van der Waals surface area contributed by atoms with Crippen LogP contribution >= 0.6 is 22.6 Å². The summed E-state index contributed by atoms with van der Waals surface area (Å²) < 4.78 is 11.8. The van der Waals surface area contributed by atoms with Crippen molar-refractivity contribution in [1.82, 2.24) is 0 Å². The molecule has 0 N–H and O–H groups in total. The van der Waals surface area contributed by atoms with Crippen molar-refractivity contribution in [3.63, 3.8) is 0 Å². The van der Waals surface area contributed by atoms with Gasteiger partial charge in [-0.25, -0.2) is 0 Å². The van der Waals surface area contributed by atoms with Crippen LogP contribution in [0.2, 0.25) is 0 Å². The van der Waals surface area contributed by atoms with E-state index < -0.39 is 0 Å². The fourth-order valence-electron chi connectivity index (χ4n) is 3.98. The Hall–Kier alpha value is 0.650. The van der Waals surface area contributed by atoms with Crippen molar-refractivity contribution in [2.75, 3.05) is 20.0 Å². The maximum atomic E-state index is 5.55. The molecule has 2 nitrogen and oxygen atoms in total. The molecule has 0 bridgehead atoms. The van der Waals surface area contributed by atoms with Gasteiger partial charge in [-0.2, -0.15) is 0 Å². The van der Waals surface area contributed by atoms with E-state index in [2.05, 4.69) is 64.1 Å². The van der Waals surface area contributed by atoms with Crippen molar-refractivity contribution < 1.29 is 9.47 Å². The van der Waals surface area contributed by atoms with Crippen molar-refractivity contribution in [2.45, 2.75) is 96.8 Å². The third-order valence-corrected chi connectivity index (χ3v) is 5.44. The molecule has 0 aliphatic rings. The van der Waals surface area contributed by atoms with Crippen molar-refractivity contribution in [1.29, 1.82) is 0 Å². The molecule has 0 saturated carbocycles. The lowest BCUT2D eigenvalue weighted by atomic mass is 9.84. The third kappa shape index (κ3) is 17.8. The number of unbranched alkanes of at least 4 members (excludes halogenated alkanes) is 1. The van der Waals surface area contributed by atoms with Crippen LogP contribution in [0, 0.1) is 23.7 Å². The van der Waals surface area contributed by atoms with E-state index in [1.165, 1.54) is 38.5 Å². The van der Waals surface area contributed by atoms with Crippen LogP contribution in [0.5, 0.6) is 0 Å². The first-order valence-corrected chi connectivity index (χ1v) is 11.9. The van der Waals surface area contributed by atoms with E-state index in [1.54, 1.807) is 0 Å². The predicted octanol–water partition coefficient (Wildman–Crippen LogP) is 7.49. The quantitative estimate of drug-likeness (QED) is 0.0953. The summed E-state index contributed by atoms with van der Waals surface area (Å²) >= 11 is 2.55. The highest BCUT2D eigenvalue weighted by Gasteiger charge is 2.15. The maximum Gasteiger partial charge on any atom is 0.146 e. The van der Waals surface area contributed by atoms with E-state index >= 15 is 0 Å². The first kappa shape index (κ1) is 25.6. The Morgan fingerprint density at radius 2 is 1.16 bits per heavy atom. The van der Waals surface area contributed by atoms with Gasteiger partial charge < -0.3 is 9.47 Å². The number of alkyl halides is 1. The average Bonchev–Trinajstić information content (AvgIpc) is 2.48. The lowest BCUT2D eigenvalue weighted by molar-refractivity contribution is -0.0558. The number of ether oxygens (including phenoxy) is 2. The zero-order valence-corrected chi connectivity index (χ0v) is 20.0. The minimum Gasteiger partial charge on any atom is -0.355 e. The van der Waals surface area contributed by atoms with Gasteiger partial charge in [-0.1, -0.05) is 70.6 Å². The Morgan fingerprint density at radius 1 is 0.680 bits per heavy atom. The molecule has 5 atom stereocenters. The largest absolute Gasteiger partial charge is 0.355 e. The van der Waals surface area contributed by atoms with E-state index in [9.17, 15) is 0 Å². The molecule has 0 spiro atoms. The van der Waals surface area contributed by atoms with Crippen LogP contribution in [0.25, 0.3) is 0 Å². The Labute approximate surface area is 172 Å². The van der Waals surface area contributed by atoms with Crippen LogP contribution in [-0.4, -0.2) is 23.9 Å². The van der Waals surface area contributed by atoms with Gasteiger partial charge >= 0.3 is 0 Å². The van der Waals surface area contributed by atoms with E-state index in [0.29, 0.717) is 6.79 Å². The Morgan fingerprint density at radius 3 is 1.68 bits per heavy atom. The monoisotopic (exact) mass is 468 g/mol. The van der Waals surface area contributed by atoms with E-state index in [-0.39, 0.29) is 0 Å². The van der Waals surface area contributed by atoms with Gasteiger partial charge in [0.25, 0.3) is 0 Å². The summed E-state index contributed by atoms with van der Waals surface area (Å²) in [6, 6.07) is 0. The molecule has 3 heteroatoms. The smallest absolute Gasteiger partial charge is 0.146 e. The van der Waals surface area contributed by atoms with E-state index in [4.69, 9.17) is 9.47 Å². The molecular weight excluding hydrogens is 423 g/mol. The van der Waals surface area contributed by atoms with Crippen molar-refractivity contribution in [2.24, 2.45) is 23.7 Å². The summed E-state index contributed by atoms with van der Waals surface area (Å²) in [5, 5.41) is 0. The van der Waals surface area contributed by atoms with Crippen LogP contribution in [0.3, 0.4) is 0 Å². The van der Waals surface area contributed by atoms with Gasteiger partial charge in [0, 0.05) is 17.1 Å². The molecule has 0 aliphatic heterocycles. The number of halogens is 1. The predicted molar refractivity (Wildman–Crippen MR) is 120 cm³/mol. The Kier molecular flexibility index (Phi) is 17.2. The molecule has 0 amide bonds. The molecule has 0 heterocycles. The summed E-state index contributed by atoms with van der Waals surface area (Å²) in [6.45, 7) is 16.4. The second-order valence-corrected chi connectivity index (χ2v) is 10.7. The Bertz CT molecular complexity index is 283. The van der Waals surface area contributed by atoms with Crippen LogP contribution in [0.4, 0.5) is 0 Å². The summed E-state index contributed by atoms with van der Waals surface area (Å²) in [6.07, 6.45) is 10.2. The topological polar surface area (TPSA) is 18.5 Å². The van der Waals surface area contributed by atoms with Crippen molar-refractivity contribution in [3.8, 4) is 0 Å². The van der Waals surface area contributed by atoms with Gasteiger partial charge in [-0.05, 0) is 68.6 Å². The first-order valence-electron chi connectivity index (χ1n) is 10.6. The van der Waals surface area contributed by atoms with Crippen LogP contribution < -0.4 is 0 Å². The highest BCUT2D eigenvalue weighted by atomic mass is 127. The minimum atomic E-state index is 0.469. The van der Waals surface area contributed by atoms with Crippen LogP contribution in [0.15, 0.2) is 0 Å². The maximum absolute atomic E-state index is 5.55. The molecule has 25 heavy (non-hydrogen) atoms. The van der Waals surface area contributed by atoms with Gasteiger partial charge in [-0.15, -0.1) is 0 Å². The molecule has 0 aromatic carbocycles. The molecule has 0 aromatic heterocycles. The number of hydrogen-bond donors (Lipinski definition) is 0. The number of rotatable bonds is 17. The number of hydrogen-bond acceptors (Lipinski definition) is 2. The fourth-order valence-corrected chi connectivity index (χ4v) is 4.85. The second-order valence-electron chi connectivity index (χ2n) is 8.57. The van der Waals surface area contributed by atoms with Crippen LogP contribution in [-0.2, 0) is 9.47 Å². The Balaban J connectivity index is 3.65. The molecule has 0 radical (unpaired) electrons. The summed E-state index contributed by atoms with van der Waals surface area (Å²) in [7, 11) is 0.